The quantitative estimate of drug-likeness (QED) is 0.186. The van der Waals surface area contributed by atoms with E-state index in [0.717, 1.165) is 54.1 Å². The number of nitrogens with zero attached hydrogens (tertiary/aromatic N) is 7. The highest BCUT2D eigenvalue weighted by atomic mass is 16.6. The molecule has 2 fully saturated rings. The van der Waals surface area contributed by atoms with E-state index in [4.69, 9.17) is 24.2 Å². The summed E-state index contributed by atoms with van der Waals surface area (Å²) in [5.74, 6) is 0.787. The number of ether oxygens (including phenoxy) is 3. The Balaban J connectivity index is 1.16. The number of hydrogen-bond acceptors (Lipinski definition) is 11. The van der Waals surface area contributed by atoms with Crippen LogP contribution in [0, 0.1) is 11.3 Å². The van der Waals surface area contributed by atoms with Crippen molar-refractivity contribution in [3.63, 3.8) is 0 Å². The number of piperazine rings is 1. The summed E-state index contributed by atoms with van der Waals surface area (Å²) in [6.45, 7) is 11.6. The van der Waals surface area contributed by atoms with Crippen molar-refractivity contribution in [1.29, 1.82) is 5.26 Å². The highest BCUT2D eigenvalue weighted by Gasteiger charge is 2.43. The van der Waals surface area contributed by atoms with Gasteiger partial charge in [-0.25, -0.2) is 9.69 Å². The summed E-state index contributed by atoms with van der Waals surface area (Å²) >= 11 is 0. The fourth-order valence-electron chi connectivity index (χ4n) is 7.91. The summed E-state index contributed by atoms with van der Waals surface area (Å²) in [5.41, 5.74) is 2.87. The van der Waals surface area contributed by atoms with Gasteiger partial charge in [-0.05, 0) is 64.0 Å². The molecule has 284 valence electrons. The van der Waals surface area contributed by atoms with E-state index < -0.39 is 17.6 Å². The lowest BCUT2D eigenvalue weighted by molar-refractivity contribution is -0.213. The number of rotatable bonds is 10. The van der Waals surface area contributed by atoms with Crippen molar-refractivity contribution < 1.29 is 24.1 Å². The number of hydrogen-bond donors (Lipinski definition) is 1. The number of likely N-dealkylation sites (tertiary alicyclic amines) is 1. The van der Waals surface area contributed by atoms with Gasteiger partial charge in [0.15, 0.2) is 0 Å². The molecular formula is C42H51N7O5. The molecule has 3 atom stereocenters. The zero-order valence-corrected chi connectivity index (χ0v) is 31.8. The molecule has 3 aliphatic heterocycles. The molecule has 1 amide bonds. The van der Waals surface area contributed by atoms with Gasteiger partial charge in [0.1, 0.15) is 18.0 Å². The van der Waals surface area contributed by atoms with Gasteiger partial charge in [0.05, 0.1) is 36.9 Å². The smallest absolute Gasteiger partial charge is 0.410 e. The van der Waals surface area contributed by atoms with Crippen LogP contribution in [0.2, 0.25) is 0 Å². The molecule has 4 heterocycles. The monoisotopic (exact) mass is 733 g/mol. The molecule has 1 aromatic heterocycles. The Morgan fingerprint density at radius 1 is 1.00 bits per heavy atom. The highest BCUT2D eigenvalue weighted by molar-refractivity contribution is 5.94. The summed E-state index contributed by atoms with van der Waals surface area (Å²) in [6, 6.07) is 26.8. The van der Waals surface area contributed by atoms with Crippen LogP contribution < -0.4 is 14.5 Å². The first-order valence-corrected chi connectivity index (χ1v) is 19.0. The van der Waals surface area contributed by atoms with Crippen LogP contribution in [0.25, 0.3) is 10.8 Å². The molecule has 4 aromatic rings. The summed E-state index contributed by atoms with van der Waals surface area (Å²) in [6.07, 6.45) is 1.06. The molecule has 0 spiro atoms. The molecule has 0 aliphatic carbocycles. The predicted octanol–water partition coefficient (Wildman–Crippen LogP) is 6.26. The van der Waals surface area contributed by atoms with E-state index in [0.29, 0.717) is 32.7 Å². The van der Waals surface area contributed by atoms with Crippen LogP contribution in [-0.4, -0.2) is 93.9 Å². The summed E-state index contributed by atoms with van der Waals surface area (Å²) in [5, 5.41) is 23.4. The van der Waals surface area contributed by atoms with Crippen molar-refractivity contribution >= 4 is 28.4 Å². The number of anilines is 2. The second-order valence-electron chi connectivity index (χ2n) is 15.8. The topological polar surface area (TPSA) is 128 Å². The van der Waals surface area contributed by atoms with E-state index in [9.17, 15) is 15.2 Å². The lowest BCUT2D eigenvalue weighted by Crippen LogP contribution is -2.57. The Labute approximate surface area is 317 Å². The first-order valence-electron chi connectivity index (χ1n) is 19.0. The Hall–Kier alpha value is -4.96. The van der Waals surface area contributed by atoms with E-state index in [1.54, 1.807) is 4.90 Å². The third-order valence-corrected chi connectivity index (χ3v) is 10.7. The number of nitriles is 1. The van der Waals surface area contributed by atoms with Gasteiger partial charge in [-0.3, -0.25) is 4.90 Å². The molecule has 2 unspecified atom stereocenters. The number of carbonyl (C=O) groups excluding carboxylic acids is 1. The molecule has 54 heavy (non-hydrogen) atoms. The van der Waals surface area contributed by atoms with Crippen LogP contribution in [0.3, 0.4) is 0 Å². The second kappa shape index (κ2) is 15.8. The Morgan fingerprint density at radius 2 is 1.78 bits per heavy atom. The zero-order valence-electron chi connectivity index (χ0n) is 31.8. The van der Waals surface area contributed by atoms with E-state index in [2.05, 4.69) is 58.3 Å². The van der Waals surface area contributed by atoms with Gasteiger partial charge in [-0.2, -0.15) is 15.2 Å². The average Bonchev–Trinajstić information content (AvgIpc) is 3.57. The fraction of sp³-hybridized carbons (Fsp3) is 0.476. The number of carbonyl (C=O) groups is 1. The molecule has 0 bridgehead atoms. The first-order chi connectivity index (χ1) is 26.0. The molecule has 12 heteroatoms. The maximum Gasteiger partial charge on any atom is 0.410 e. The van der Waals surface area contributed by atoms with Crippen LogP contribution in [0.1, 0.15) is 63.8 Å². The van der Waals surface area contributed by atoms with Gasteiger partial charge in [-0.15, -0.1) is 0 Å². The van der Waals surface area contributed by atoms with E-state index in [1.807, 2.05) is 62.9 Å². The van der Waals surface area contributed by atoms with Crippen molar-refractivity contribution in [2.45, 2.75) is 90.1 Å². The highest BCUT2D eigenvalue weighted by Crippen LogP contribution is 2.36. The number of aliphatic hydroxyl groups is 1. The number of aliphatic hydroxyl groups excluding tert-OH is 1. The van der Waals surface area contributed by atoms with Crippen molar-refractivity contribution in [3.05, 3.63) is 89.6 Å². The van der Waals surface area contributed by atoms with Gasteiger partial charge in [0, 0.05) is 55.4 Å². The van der Waals surface area contributed by atoms with Crippen LogP contribution in [-0.2, 0) is 29.0 Å². The normalized spacial score (nSPS) is 21.1. The molecule has 3 aromatic carbocycles. The third kappa shape index (κ3) is 8.23. The second-order valence-corrected chi connectivity index (χ2v) is 15.8. The number of amides is 1. The predicted molar refractivity (Wildman–Crippen MR) is 207 cm³/mol. The van der Waals surface area contributed by atoms with Crippen molar-refractivity contribution in [1.82, 2.24) is 19.8 Å². The maximum absolute atomic E-state index is 13.2. The molecule has 12 nitrogen and oxygen atoms in total. The van der Waals surface area contributed by atoms with Gasteiger partial charge in [0.25, 0.3) is 0 Å². The summed E-state index contributed by atoms with van der Waals surface area (Å²) in [7, 11) is 0. The van der Waals surface area contributed by atoms with Crippen LogP contribution in [0.5, 0.6) is 6.01 Å². The van der Waals surface area contributed by atoms with Gasteiger partial charge in [0.2, 0.25) is 6.41 Å². The lowest BCUT2D eigenvalue weighted by Gasteiger charge is -2.43. The minimum absolute atomic E-state index is 0.215. The lowest BCUT2D eigenvalue weighted by atomic mass is 10.0. The third-order valence-electron chi connectivity index (χ3n) is 10.7. The standard InChI is InChI=1S/C42H51N7O5/c1-41(2,3)54-40(51)49-22-11-20-42(49,4)29-53-38-44-35-27-46(36-17-10-15-31-14-8-9-16-33(31)36)23-19-34(35)37(45-38)47-24-25-48(32(26-47)18-21-43)39(50)52-28-30-12-6-5-7-13-30/h5-10,12-17,32,39,50H,11,18-20,22-29H2,1-4H3/t32?,39?,42-/m0/s1. The maximum atomic E-state index is 13.2. The minimum Gasteiger partial charge on any atom is -0.461 e. The molecule has 7 rings (SSSR count). The van der Waals surface area contributed by atoms with Crippen molar-refractivity contribution in [2.24, 2.45) is 0 Å². The van der Waals surface area contributed by atoms with Crippen LogP contribution >= 0.6 is 0 Å². The molecule has 0 saturated carbocycles. The summed E-state index contributed by atoms with van der Waals surface area (Å²) in [4.78, 5) is 31.5. The van der Waals surface area contributed by atoms with E-state index in [-0.39, 0.29) is 37.8 Å². The summed E-state index contributed by atoms with van der Waals surface area (Å²) < 4.78 is 18.1. The van der Waals surface area contributed by atoms with E-state index in [1.165, 1.54) is 10.8 Å². The molecule has 3 aliphatic rings. The number of benzene rings is 3. The Morgan fingerprint density at radius 3 is 2.57 bits per heavy atom. The van der Waals surface area contributed by atoms with Crippen molar-refractivity contribution in [2.75, 3.05) is 49.1 Å². The van der Waals surface area contributed by atoms with Gasteiger partial charge in [-0.1, -0.05) is 66.7 Å². The number of fused-ring (bicyclic) bond motifs is 2. The molecule has 2 saturated heterocycles. The van der Waals surface area contributed by atoms with Crippen LogP contribution in [0.15, 0.2) is 72.8 Å². The SMILES string of the molecule is CC(C)(C)OC(=O)N1CCC[C@@]1(C)COc1nc2c(c(N3CCN(C(O)OCc4ccccc4)C(CC#N)C3)n1)CCN(c1cccc3ccccc13)C2. The number of aromatic nitrogens is 2. The van der Waals surface area contributed by atoms with E-state index >= 15 is 0 Å². The van der Waals surface area contributed by atoms with Gasteiger partial charge < -0.3 is 29.1 Å². The Bertz CT molecular complexity index is 1980. The van der Waals surface area contributed by atoms with Gasteiger partial charge >= 0.3 is 12.1 Å². The Kier molecular flexibility index (Phi) is 10.9. The largest absolute Gasteiger partial charge is 0.461 e. The van der Waals surface area contributed by atoms with Crippen LogP contribution in [0.4, 0.5) is 16.3 Å². The minimum atomic E-state index is -1.15. The molecule has 0 radical (unpaired) electrons. The molecular weight excluding hydrogens is 683 g/mol. The molecule has 1 N–H and O–H groups in total. The average molecular weight is 734 g/mol. The fourth-order valence-corrected chi connectivity index (χ4v) is 7.91. The van der Waals surface area contributed by atoms with Crippen molar-refractivity contribution in [3.8, 4) is 12.1 Å². The first kappa shape index (κ1) is 37.4. The zero-order chi connectivity index (χ0) is 37.9.